The Balaban J connectivity index is 1.80. The Bertz CT molecular complexity index is 1290. The van der Waals surface area contributed by atoms with Gasteiger partial charge in [-0.3, -0.25) is 14.9 Å². The molecule has 0 saturated carbocycles. The molecule has 0 saturated heterocycles. The number of aliphatic hydroxyl groups is 1. The highest BCUT2D eigenvalue weighted by molar-refractivity contribution is 5.75. The molecule has 0 atom stereocenters. The number of nitrogens with zero attached hydrogens (tertiary/aromatic N) is 6. The maximum Gasteiger partial charge on any atom is 0.325 e. The minimum atomic E-state index is -0.498. The van der Waals surface area contributed by atoms with Gasteiger partial charge in [0.15, 0.2) is 0 Å². The van der Waals surface area contributed by atoms with E-state index >= 15 is 0 Å². The van der Waals surface area contributed by atoms with E-state index in [1.165, 1.54) is 38.5 Å². The molecule has 12 heteroatoms. The molecule has 0 amide bonds. The number of carbonyl (C=O) groups excluding carboxylic acids is 1. The van der Waals surface area contributed by atoms with E-state index in [0.29, 0.717) is 40.6 Å². The van der Waals surface area contributed by atoms with Crippen molar-refractivity contribution in [3.63, 3.8) is 0 Å². The van der Waals surface area contributed by atoms with Gasteiger partial charge in [-0.25, -0.2) is 0 Å². The number of benzene rings is 3. The van der Waals surface area contributed by atoms with Crippen molar-refractivity contribution < 1.29 is 24.3 Å². The van der Waals surface area contributed by atoms with Crippen LogP contribution in [-0.4, -0.2) is 43.3 Å². The molecule has 3 rings (SSSR count). The van der Waals surface area contributed by atoms with Crippen LogP contribution in [0, 0.1) is 10.1 Å². The molecule has 0 radical (unpaired) electrons. The molecule has 0 fully saturated rings. The summed E-state index contributed by atoms with van der Waals surface area (Å²) in [5.41, 5.74) is 2.95. The van der Waals surface area contributed by atoms with Crippen LogP contribution in [0.1, 0.15) is 12.5 Å². The molecule has 12 nitrogen and oxygen atoms in total. The number of hydrogen-bond donors (Lipinski definition) is 1. The van der Waals surface area contributed by atoms with E-state index in [9.17, 15) is 20.0 Å². The fourth-order valence-electron chi connectivity index (χ4n) is 3.26. The molecule has 0 bridgehead atoms. The summed E-state index contributed by atoms with van der Waals surface area (Å²) in [7, 11) is 2.82. The van der Waals surface area contributed by atoms with Crippen LogP contribution in [0.3, 0.4) is 0 Å². The van der Waals surface area contributed by atoms with Crippen LogP contribution in [0.2, 0.25) is 0 Å². The summed E-state index contributed by atoms with van der Waals surface area (Å²) in [6, 6.07) is 16.0. The topological polar surface area (TPSA) is 152 Å². The standard InChI is InChI=1S/C25H26N6O6/c1-4-30(15-25(33)37-3)20-9-5-18(6-10-20)27-29-23-13-17(16-32)22(14-24(23)36-2)28-26-19-7-11-21(12-8-19)31(34)35/h5-14,32H,4,15-16H2,1-3H3. The molecule has 0 spiro atoms. The maximum atomic E-state index is 11.6. The van der Waals surface area contributed by atoms with Gasteiger partial charge in [-0.15, -0.1) is 5.11 Å². The normalized spacial score (nSPS) is 11.1. The van der Waals surface area contributed by atoms with Crippen LogP contribution >= 0.6 is 0 Å². The van der Waals surface area contributed by atoms with Gasteiger partial charge < -0.3 is 19.5 Å². The minimum absolute atomic E-state index is 0.0510. The first-order valence-electron chi connectivity index (χ1n) is 11.2. The summed E-state index contributed by atoms with van der Waals surface area (Å²) < 4.78 is 10.2. The van der Waals surface area contributed by atoms with Gasteiger partial charge in [0.1, 0.15) is 18.0 Å². The Hall–Kier alpha value is -4.71. The lowest BCUT2D eigenvalue weighted by molar-refractivity contribution is -0.384. The van der Waals surface area contributed by atoms with Crippen molar-refractivity contribution >= 4 is 40.1 Å². The number of non-ortho nitro benzene ring substituents is 1. The number of hydrogen-bond acceptors (Lipinski definition) is 11. The maximum absolute atomic E-state index is 11.6. The average molecular weight is 507 g/mol. The molecule has 1 N–H and O–H groups in total. The lowest BCUT2D eigenvalue weighted by Gasteiger charge is -2.21. The molecule has 0 aliphatic heterocycles. The van der Waals surface area contributed by atoms with E-state index < -0.39 is 4.92 Å². The zero-order chi connectivity index (χ0) is 26.8. The molecule has 0 aliphatic carbocycles. The molecular weight excluding hydrogens is 480 g/mol. The summed E-state index contributed by atoms with van der Waals surface area (Å²) in [4.78, 5) is 23.8. The lowest BCUT2D eigenvalue weighted by Crippen LogP contribution is -2.30. The predicted molar refractivity (Wildman–Crippen MR) is 137 cm³/mol. The quantitative estimate of drug-likeness (QED) is 0.146. The third-order valence-corrected chi connectivity index (χ3v) is 5.30. The Labute approximate surface area is 213 Å². The molecule has 37 heavy (non-hydrogen) atoms. The summed E-state index contributed by atoms with van der Waals surface area (Å²) in [5.74, 6) is 0.0403. The molecule has 192 valence electrons. The smallest absolute Gasteiger partial charge is 0.325 e. The fourth-order valence-corrected chi connectivity index (χ4v) is 3.26. The molecule has 0 aromatic heterocycles. The van der Waals surface area contributed by atoms with Gasteiger partial charge in [-0.1, -0.05) is 0 Å². The van der Waals surface area contributed by atoms with Gasteiger partial charge >= 0.3 is 5.97 Å². The van der Waals surface area contributed by atoms with E-state index in [2.05, 4.69) is 20.5 Å². The fraction of sp³-hybridized carbons (Fsp3) is 0.240. The minimum Gasteiger partial charge on any atom is -0.494 e. The van der Waals surface area contributed by atoms with Crippen LogP contribution in [0.25, 0.3) is 0 Å². The van der Waals surface area contributed by atoms with E-state index in [0.717, 1.165) is 5.69 Å². The first-order chi connectivity index (χ1) is 17.9. The van der Waals surface area contributed by atoms with Crippen molar-refractivity contribution in [1.82, 2.24) is 0 Å². The number of nitro groups is 1. The van der Waals surface area contributed by atoms with E-state index in [-0.39, 0.29) is 24.8 Å². The lowest BCUT2D eigenvalue weighted by atomic mass is 10.1. The van der Waals surface area contributed by atoms with Crippen LogP contribution < -0.4 is 9.64 Å². The molecule has 0 unspecified atom stereocenters. The third-order valence-electron chi connectivity index (χ3n) is 5.30. The highest BCUT2D eigenvalue weighted by atomic mass is 16.6. The second-order valence-electron chi connectivity index (χ2n) is 7.59. The van der Waals surface area contributed by atoms with Gasteiger partial charge in [0.2, 0.25) is 0 Å². The first kappa shape index (κ1) is 26.9. The third kappa shape index (κ3) is 7.15. The molecule has 0 heterocycles. The van der Waals surface area contributed by atoms with Crippen molar-refractivity contribution in [2.75, 3.05) is 32.2 Å². The number of methoxy groups -OCH3 is 2. The molecule has 0 aliphatic rings. The molecular formula is C25H26N6O6. The van der Waals surface area contributed by atoms with Crippen molar-refractivity contribution in [2.24, 2.45) is 20.5 Å². The Morgan fingerprint density at radius 3 is 2.05 bits per heavy atom. The Morgan fingerprint density at radius 1 is 0.946 bits per heavy atom. The number of anilines is 1. The number of esters is 1. The number of azo groups is 2. The summed E-state index contributed by atoms with van der Waals surface area (Å²) >= 11 is 0. The second kappa shape index (κ2) is 12.8. The number of rotatable bonds is 11. The van der Waals surface area contributed by atoms with Crippen molar-refractivity contribution in [1.29, 1.82) is 0 Å². The average Bonchev–Trinajstić information content (AvgIpc) is 2.93. The summed E-state index contributed by atoms with van der Waals surface area (Å²) in [6.07, 6.45) is 0. The second-order valence-corrected chi connectivity index (χ2v) is 7.59. The van der Waals surface area contributed by atoms with Crippen molar-refractivity contribution in [3.8, 4) is 5.75 Å². The predicted octanol–water partition coefficient (Wildman–Crippen LogP) is 5.93. The van der Waals surface area contributed by atoms with Crippen molar-refractivity contribution in [3.05, 3.63) is 76.3 Å². The van der Waals surface area contributed by atoms with Gasteiger partial charge in [-0.2, -0.15) is 15.3 Å². The Morgan fingerprint density at radius 2 is 1.54 bits per heavy atom. The van der Waals surface area contributed by atoms with Crippen LogP contribution in [0.4, 0.5) is 34.1 Å². The van der Waals surface area contributed by atoms with Gasteiger partial charge in [0.05, 0.1) is 42.8 Å². The zero-order valence-electron chi connectivity index (χ0n) is 20.6. The Kier molecular flexibility index (Phi) is 9.33. The number of ether oxygens (including phenoxy) is 2. The van der Waals surface area contributed by atoms with Gasteiger partial charge in [0, 0.05) is 36.0 Å². The van der Waals surface area contributed by atoms with Gasteiger partial charge in [0.25, 0.3) is 5.69 Å². The SMILES string of the molecule is CCN(CC(=O)OC)c1ccc(N=Nc2cc(CO)c(N=Nc3ccc([N+](=O)[O-])cc3)cc2OC)cc1. The van der Waals surface area contributed by atoms with Crippen LogP contribution in [0.15, 0.2) is 81.1 Å². The van der Waals surface area contributed by atoms with Crippen molar-refractivity contribution in [2.45, 2.75) is 13.5 Å². The highest BCUT2D eigenvalue weighted by Gasteiger charge is 2.12. The summed E-state index contributed by atoms with van der Waals surface area (Å²) in [5, 5.41) is 37.4. The summed E-state index contributed by atoms with van der Waals surface area (Å²) in [6.45, 7) is 2.38. The van der Waals surface area contributed by atoms with E-state index in [1.54, 1.807) is 24.3 Å². The van der Waals surface area contributed by atoms with E-state index in [4.69, 9.17) is 9.47 Å². The number of nitro benzene ring substituents is 1. The number of likely N-dealkylation sites (N-methyl/N-ethyl adjacent to an activating group) is 1. The number of aliphatic hydroxyl groups excluding tert-OH is 1. The largest absolute Gasteiger partial charge is 0.494 e. The molecule has 3 aromatic carbocycles. The monoisotopic (exact) mass is 506 g/mol. The number of carbonyl (C=O) groups is 1. The highest BCUT2D eigenvalue weighted by Crippen LogP contribution is 2.37. The first-order valence-corrected chi connectivity index (χ1v) is 11.2. The van der Waals surface area contributed by atoms with Crippen LogP contribution in [0.5, 0.6) is 5.75 Å². The zero-order valence-corrected chi connectivity index (χ0v) is 20.6. The van der Waals surface area contributed by atoms with Gasteiger partial charge in [-0.05, 0) is 49.4 Å². The van der Waals surface area contributed by atoms with Crippen LogP contribution in [-0.2, 0) is 16.1 Å². The molecule has 3 aromatic rings. The van der Waals surface area contributed by atoms with E-state index in [1.807, 2.05) is 24.0 Å².